The average molecular weight is 728 g/mol. The molecule has 0 aliphatic heterocycles. The van der Waals surface area contributed by atoms with E-state index in [1.165, 1.54) is 11.3 Å². The number of hydrogen-bond donors (Lipinski definition) is 1. The topological polar surface area (TPSA) is 98.6 Å². The number of pyridine rings is 2. The average Bonchev–Trinajstić information content (AvgIpc) is 3.53. The van der Waals surface area contributed by atoms with Gasteiger partial charge >= 0.3 is 0 Å². The van der Waals surface area contributed by atoms with Gasteiger partial charge < -0.3 is 10.1 Å². The Morgan fingerprint density at radius 3 is 1.89 bits per heavy atom. The summed E-state index contributed by atoms with van der Waals surface area (Å²) in [6.07, 6.45) is 6.88. The molecule has 0 amide bonds. The second-order valence-electron chi connectivity index (χ2n) is 9.84. The maximum Gasteiger partial charge on any atom is 0.164 e. The second-order valence-corrected chi connectivity index (χ2v) is 13.8. The number of methoxy groups -OCH3 is 1. The number of nitrogens with zero attached hydrogens (tertiary/aromatic N) is 6. The molecule has 14 heteroatoms. The number of fused-ring (bicyclic) bond motifs is 2. The Balaban J connectivity index is 0.000000178. The van der Waals surface area contributed by atoms with Gasteiger partial charge in [-0.2, -0.15) is 0 Å². The van der Waals surface area contributed by atoms with Crippen molar-refractivity contribution >= 4 is 95.3 Å². The van der Waals surface area contributed by atoms with Gasteiger partial charge in [0.2, 0.25) is 0 Å². The zero-order valence-corrected chi connectivity index (χ0v) is 29.1. The van der Waals surface area contributed by atoms with E-state index in [1.807, 2.05) is 56.3 Å². The van der Waals surface area contributed by atoms with Crippen molar-refractivity contribution in [2.24, 2.45) is 0 Å². The Hall–Kier alpha value is -3.64. The van der Waals surface area contributed by atoms with E-state index >= 15 is 0 Å². The summed E-state index contributed by atoms with van der Waals surface area (Å²) in [5, 5.41) is 7.20. The van der Waals surface area contributed by atoms with E-state index in [0.717, 1.165) is 46.9 Å². The first kappa shape index (κ1) is 32.3. The minimum Gasteiger partial charge on any atom is -0.495 e. The van der Waals surface area contributed by atoms with E-state index in [-0.39, 0.29) is 0 Å². The predicted molar refractivity (Wildman–Crippen MR) is 191 cm³/mol. The lowest BCUT2D eigenvalue weighted by Crippen LogP contribution is -2.04. The van der Waals surface area contributed by atoms with Crippen LogP contribution in [0.4, 0.5) is 5.82 Å². The van der Waals surface area contributed by atoms with Crippen LogP contribution in [0, 0.1) is 13.8 Å². The van der Waals surface area contributed by atoms with Crippen LogP contribution in [0.25, 0.3) is 43.2 Å². The van der Waals surface area contributed by atoms with Crippen LogP contribution in [-0.2, 0) is 6.54 Å². The Morgan fingerprint density at radius 2 is 1.33 bits per heavy atom. The van der Waals surface area contributed by atoms with Crippen LogP contribution in [0.5, 0.6) is 5.75 Å². The third-order valence-electron chi connectivity index (χ3n) is 6.78. The lowest BCUT2D eigenvalue weighted by Gasteiger charge is -2.11. The highest BCUT2D eigenvalue weighted by atomic mass is 35.5. The summed E-state index contributed by atoms with van der Waals surface area (Å²) in [4.78, 5) is 30.0. The van der Waals surface area contributed by atoms with Crippen molar-refractivity contribution in [2.45, 2.75) is 20.4 Å². The first-order valence-corrected chi connectivity index (χ1v) is 16.8. The van der Waals surface area contributed by atoms with E-state index in [9.17, 15) is 0 Å². The van der Waals surface area contributed by atoms with Gasteiger partial charge in [-0.15, -0.1) is 22.7 Å². The molecule has 0 saturated carbocycles. The Bertz CT molecular complexity index is 2180. The fourth-order valence-corrected chi connectivity index (χ4v) is 7.68. The van der Waals surface area contributed by atoms with Gasteiger partial charge in [0.15, 0.2) is 11.6 Å². The molecular formula is C32H23Cl4N7OS2. The van der Waals surface area contributed by atoms with Gasteiger partial charge in [-0.1, -0.05) is 52.5 Å². The molecule has 7 aromatic rings. The maximum absolute atomic E-state index is 6.53. The second kappa shape index (κ2) is 14.0. The van der Waals surface area contributed by atoms with Crippen molar-refractivity contribution in [2.75, 3.05) is 12.4 Å². The SMILES string of the molecule is COc1ccc(CNc2nc(-c3cccnc3)nc3sc(C)c(Cl)c23)cc1Cl.Cc1sc2nc(-c3cccnc3)nc(Cl)c2c1Cl. The normalized spacial score (nSPS) is 11.0. The number of thiophene rings is 2. The molecule has 0 saturated heterocycles. The van der Waals surface area contributed by atoms with E-state index in [1.54, 1.807) is 43.2 Å². The summed E-state index contributed by atoms with van der Waals surface area (Å²) < 4.78 is 5.21. The van der Waals surface area contributed by atoms with Crippen LogP contribution in [0.15, 0.2) is 67.3 Å². The van der Waals surface area contributed by atoms with Crippen LogP contribution >= 0.6 is 69.1 Å². The molecule has 8 nitrogen and oxygen atoms in total. The van der Waals surface area contributed by atoms with Crippen molar-refractivity contribution in [1.29, 1.82) is 0 Å². The van der Waals surface area contributed by atoms with Crippen LogP contribution < -0.4 is 10.1 Å². The molecule has 0 atom stereocenters. The summed E-state index contributed by atoms with van der Waals surface area (Å²) in [6, 6.07) is 13.2. The molecule has 0 aliphatic rings. The number of aryl methyl sites for hydroxylation is 2. The summed E-state index contributed by atoms with van der Waals surface area (Å²) in [5.74, 6) is 2.50. The molecule has 1 N–H and O–H groups in total. The van der Waals surface area contributed by atoms with E-state index in [0.29, 0.717) is 50.0 Å². The summed E-state index contributed by atoms with van der Waals surface area (Å²) >= 11 is 28.2. The fourth-order valence-electron chi connectivity index (χ4n) is 4.50. The van der Waals surface area contributed by atoms with Crippen molar-refractivity contribution in [1.82, 2.24) is 29.9 Å². The molecule has 1 aromatic carbocycles. The number of hydrogen-bond acceptors (Lipinski definition) is 10. The Kier molecular flexibility index (Phi) is 9.84. The first-order chi connectivity index (χ1) is 22.2. The maximum atomic E-state index is 6.53. The van der Waals surface area contributed by atoms with E-state index in [2.05, 4.69) is 30.2 Å². The molecular weight excluding hydrogens is 704 g/mol. The van der Waals surface area contributed by atoms with Gasteiger partial charge in [-0.25, -0.2) is 19.9 Å². The Labute approximate surface area is 292 Å². The molecule has 6 heterocycles. The predicted octanol–water partition coefficient (Wildman–Crippen LogP) is 10.4. The number of ether oxygens (including phenoxy) is 1. The van der Waals surface area contributed by atoms with E-state index < -0.39 is 0 Å². The number of aromatic nitrogens is 6. The monoisotopic (exact) mass is 725 g/mol. The summed E-state index contributed by atoms with van der Waals surface area (Å²) in [7, 11) is 1.59. The molecule has 0 aliphatic carbocycles. The number of rotatable bonds is 6. The van der Waals surface area contributed by atoms with Crippen molar-refractivity contribution < 1.29 is 4.74 Å². The van der Waals surface area contributed by atoms with Gasteiger partial charge in [0.25, 0.3) is 0 Å². The highest BCUT2D eigenvalue weighted by Crippen LogP contribution is 2.40. The van der Waals surface area contributed by atoms with E-state index in [4.69, 9.17) is 56.1 Å². The van der Waals surface area contributed by atoms with Crippen LogP contribution in [0.1, 0.15) is 15.3 Å². The number of anilines is 1. The standard InChI is InChI=1S/C20H16Cl2N4OS.C12H7Cl2N3S/c1-11-17(22)16-19(24-9-12-5-6-15(27-2)14(21)8-12)25-18(26-20(16)28-11)13-4-3-7-23-10-13;1-6-9(13)8-10(14)16-11(17-12(8)18-6)7-3-2-4-15-5-7/h3-8,10H,9H2,1-2H3,(H,24,25,26);2-5H,1H3. The molecule has 232 valence electrons. The Morgan fingerprint density at radius 1 is 0.739 bits per heavy atom. The highest BCUT2D eigenvalue weighted by Gasteiger charge is 2.18. The molecule has 0 fully saturated rings. The van der Waals surface area contributed by atoms with Crippen LogP contribution in [-0.4, -0.2) is 37.0 Å². The lowest BCUT2D eigenvalue weighted by molar-refractivity contribution is 0.415. The highest BCUT2D eigenvalue weighted by molar-refractivity contribution is 7.19. The van der Waals surface area contributed by atoms with Crippen molar-refractivity contribution in [3.05, 3.63) is 103 Å². The minimum absolute atomic E-state index is 0.383. The molecule has 46 heavy (non-hydrogen) atoms. The zero-order chi connectivity index (χ0) is 32.4. The quantitative estimate of drug-likeness (QED) is 0.169. The summed E-state index contributed by atoms with van der Waals surface area (Å²) in [5.41, 5.74) is 2.69. The molecule has 6 aromatic heterocycles. The third-order valence-corrected chi connectivity index (χ3v) is 10.5. The van der Waals surface area contributed by atoms with Crippen molar-refractivity contribution in [3.63, 3.8) is 0 Å². The zero-order valence-electron chi connectivity index (χ0n) is 24.5. The molecule has 0 spiro atoms. The van der Waals surface area contributed by atoms with Crippen LogP contribution in [0.3, 0.4) is 0 Å². The van der Waals surface area contributed by atoms with Gasteiger partial charge in [-0.3, -0.25) is 9.97 Å². The molecule has 0 radical (unpaired) electrons. The largest absolute Gasteiger partial charge is 0.495 e. The third kappa shape index (κ3) is 6.73. The van der Waals surface area contributed by atoms with Gasteiger partial charge in [0.1, 0.15) is 26.4 Å². The number of benzene rings is 1. The number of halogens is 4. The van der Waals surface area contributed by atoms with Gasteiger partial charge in [0, 0.05) is 52.2 Å². The molecule has 7 rings (SSSR count). The molecule has 0 bridgehead atoms. The lowest BCUT2D eigenvalue weighted by atomic mass is 10.2. The smallest absolute Gasteiger partial charge is 0.164 e. The minimum atomic E-state index is 0.383. The van der Waals surface area contributed by atoms with Crippen LogP contribution in [0.2, 0.25) is 20.2 Å². The van der Waals surface area contributed by atoms with Crippen molar-refractivity contribution in [3.8, 4) is 28.5 Å². The first-order valence-electron chi connectivity index (χ1n) is 13.7. The van der Waals surface area contributed by atoms with Gasteiger partial charge in [-0.05, 0) is 55.8 Å². The number of nitrogens with one attached hydrogen (secondary N) is 1. The summed E-state index contributed by atoms with van der Waals surface area (Å²) in [6.45, 7) is 4.45. The molecule has 0 unspecified atom stereocenters. The fraction of sp³-hybridized carbons (Fsp3) is 0.125. The van der Waals surface area contributed by atoms with Gasteiger partial charge in [0.05, 0.1) is 33.0 Å².